The Kier molecular flexibility index (Phi) is 17.7. The Morgan fingerprint density at radius 2 is 1.66 bits per heavy atom. The fraction of sp³-hybridized carbons (Fsp3) is 0.714. The molecule has 1 unspecified atom stereocenters. The summed E-state index contributed by atoms with van der Waals surface area (Å²) in [6.07, 6.45) is 27.6. The molecule has 4 nitrogen and oxygen atoms in total. The van der Waals surface area contributed by atoms with Gasteiger partial charge in [0.25, 0.3) is 0 Å². The van der Waals surface area contributed by atoms with E-state index in [0.29, 0.717) is 12.5 Å². The van der Waals surface area contributed by atoms with Crippen molar-refractivity contribution in [1.29, 1.82) is 0 Å². The van der Waals surface area contributed by atoms with Crippen LogP contribution in [0.15, 0.2) is 36.7 Å². The Morgan fingerprint density at radius 1 is 1.03 bits per heavy atom. The molecule has 0 saturated carbocycles. The lowest BCUT2D eigenvalue weighted by atomic mass is 10.1. The average Bonchev–Trinajstić information content (AvgIpc) is 3.23. The first-order valence-electron chi connectivity index (χ1n) is 13.1. The van der Waals surface area contributed by atoms with E-state index in [4.69, 9.17) is 5.11 Å². The molecule has 1 N–H and O–H groups in total. The van der Waals surface area contributed by atoms with Crippen LogP contribution in [0.1, 0.15) is 121 Å². The predicted octanol–water partition coefficient (Wildman–Crippen LogP) is 7.96. The van der Waals surface area contributed by atoms with E-state index in [9.17, 15) is 4.79 Å². The lowest BCUT2D eigenvalue weighted by Gasteiger charge is -2.18. The maximum atomic E-state index is 10.3. The van der Waals surface area contributed by atoms with Gasteiger partial charge in [0.15, 0.2) is 0 Å². The van der Waals surface area contributed by atoms with Crippen molar-refractivity contribution in [3.8, 4) is 0 Å². The summed E-state index contributed by atoms with van der Waals surface area (Å²) in [5.41, 5.74) is 1.36. The third-order valence-corrected chi connectivity index (χ3v) is 6.24. The van der Waals surface area contributed by atoms with Crippen molar-refractivity contribution in [1.82, 2.24) is 9.88 Å². The Hall–Kier alpha value is -1.68. The molecule has 4 heteroatoms. The van der Waals surface area contributed by atoms with Crippen molar-refractivity contribution in [2.24, 2.45) is 0 Å². The highest BCUT2D eigenvalue weighted by molar-refractivity contribution is 5.66. The summed E-state index contributed by atoms with van der Waals surface area (Å²) < 4.78 is 0. The van der Waals surface area contributed by atoms with Crippen molar-refractivity contribution in [3.63, 3.8) is 0 Å². The molecule has 1 aromatic rings. The van der Waals surface area contributed by atoms with Crippen LogP contribution in [0.25, 0.3) is 0 Å². The third kappa shape index (κ3) is 15.2. The number of unbranched alkanes of at least 4 members (excludes halogenated alkanes) is 11. The molecule has 2 heterocycles. The molecule has 0 radical (unpaired) electrons. The van der Waals surface area contributed by atoms with Crippen LogP contribution in [0.5, 0.6) is 0 Å². The van der Waals surface area contributed by atoms with Crippen LogP contribution in [0.4, 0.5) is 0 Å². The molecule has 1 aliphatic heterocycles. The van der Waals surface area contributed by atoms with E-state index >= 15 is 0 Å². The number of allylic oxidation sites excluding steroid dienone is 2. The number of carboxylic acids is 1. The second-order valence-electron chi connectivity index (χ2n) is 9.15. The number of aromatic nitrogens is 1. The number of rotatable bonds is 16. The summed E-state index contributed by atoms with van der Waals surface area (Å²) in [7, 11) is 2.19. The number of likely N-dealkylation sites (tertiary alicyclic amines) is 1. The van der Waals surface area contributed by atoms with E-state index in [1.807, 2.05) is 18.5 Å². The zero-order valence-electron chi connectivity index (χ0n) is 20.8. The van der Waals surface area contributed by atoms with Crippen molar-refractivity contribution in [2.45, 2.75) is 116 Å². The monoisotopic (exact) mass is 444 g/mol. The molecule has 1 aromatic heterocycles. The quantitative estimate of drug-likeness (QED) is 0.207. The van der Waals surface area contributed by atoms with E-state index in [2.05, 4.69) is 42.1 Å². The van der Waals surface area contributed by atoms with Gasteiger partial charge < -0.3 is 5.11 Å². The first-order valence-corrected chi connectivity index (χ1v) is 13.1. The first-order chi connectivity index (χ1) is 15.6. The molecule has 0 amide bonds. The second-order valence-corrected chi connectivity index (χ2v) is 9.15. The van der Waals surface area contributed by atoms with E-state index in [1.54, 1.807) is 0 Å². The van der Waals surface area contributed by atoms with Gasteiger partial charge >= 0.3 is 5.97 Å². The molecule has 0 aromatic carbocycles. The third-order valence-electron chi connectivity index (χ3n) is 6.24. The van der Waals surface area contributed by atoms with Crippen LogP contribution >= 0.6 is 0 Å². The first kappa shape index (κ1) is 28.4. The highest BCUT2D eigenvalue weighted by Gasteiger charge is 2.21. The fourth-order valence-corrected chi connectivity index (χ4v) is 4.25. The summed E-state index contributed by atoms with van der Waals surface area (Å²) in [5, 5.41) is 8.51. The minimum absolute atomic E-state index is 0.332. The van der Waals surface area contributed by atoms with E-state index < -0.39 is 5.97 Å². The van der Waals surface area contributed by atoms with Gasteiger partial charge in [0.2, 0.25) is 0 Å². The normalized spacial score (nSPS) is 16.2. The maximum Gasteiger partial charge on any atom is 0.303 e. The molecule has 32 heavy (non-hydrogen) atoms. The van der Waals surface area contributed by atoms with Gasteiger partial charge in [-0.25, -0.2) is 0 Å². The second kappa shape index (κ2) is 20.0. The molecule has 0 aliphatic carbocycles. The summed E-state index contributed by atoms with van der Waals surface area (Å²) in [6.45, 7) is 3.48. The SMILES string of the molecule is CCCCCCCC/C=C\CCCCCCCC(=O)O.CN1CCCC1c1cccnc1. The number of hydrogen-bond donors (Lipinski definition) is 1. The molecule has 1 aliphatic rings. The summed E-state index contributed by atoms with van der Waals surface area (Å²) in [4.78, 5) is 16.9. The van der Waals surface area contributed by atoms with Gasteiger partial charge in [-0.15, -0.1) is 0 Å². The van der Waals surface area contributed by atoms with Gasteiger partial charge in [-0.05, 0) is 70.2 Å². The van der Waals surface area contributed by atoms with Crippen LogP contribution < -0.4 is 0 Å². The van der Waals surface area contributed by atoms with Crippen molar-refractivity contribution in [2.75, 3.05) is 13.6 Å². The van der Waals surface area contributed by atoms with Crippen molar-refractivity contribution in [3.05, 3.63) is 42.2 Å². The number of carbonyl (C=O) groups is 1. The van der Waals surface area contributed by atoms with Gasteiger partial charge in [-0.1, -0.05) is 76.5 Å². The lowest BCUT2D eigenvalue weighted by Crippen LogP contribution is -2.17. The number of hydrogen-bond acceptors (Lipinski definition) is 3. The van der Waals surface area contributed by atoms with Crippen LogP contribution in [0, 0.1) is 0 Å². The minimum atomic E-state index is -0.664. The highest BCUT2D eigenvalue weighted by atomic mass is 16.4. The van der Waals surface area contributed by atoms with Gasteiger partial charge in [0.05, 0.1) is 0 Å². The molecular formula is C28H48N2O2. The van der Waals surface area contributed by atoms with Gasteiger partial charge in [0, 0.05) is 24.9 Å². The Bertz CT molecular complexity index is 588. The Labute approximate surface area is 197 Å². The lowest BCUT2D eigenvalue weighted by molar-refractivity contribution is -0.137. The fourth-order valence-electron chi connectivity index (χ4n) is 4.25. The maximum absolute atomic E-state index is 10.3. The number of aliphatic carboxylic acids is 1. The van der Waals surface area contributed by atoms with Gasteiger partial charge in [-0.3, -0.25) is 14.7 Å². The average molecular weight is 445 g/mol. The van der Waals surface area contributed by atoms with E-state index in [0.717, 1.165) is 12.8 Å². The van der Waals surface area contributed by atoms with E-state index in [1.165, 1.54) is 95.6 Å². The standard InChI is InChI=1S/C18H34O2.C10H14N2/c1-2-3-4-5-6-7-8-9-10-11-12-13-14-15-16-17-18(19)20;1-12-7-3-5-10(12)9-4-2-6-11-8-9/h9-10H,2-8,11-17H2,1H3,(H,19,20);2,4,6,8,10H,3,5,7H2,1H3/b10-9-;. The summed E-state index contributed by atoms with van der Waals surface area (Å²) in [5.74, 6) is -0.664. The van der Waals surface area contributed by atoms with Crippen LogP contribution in [-0.4, -0.2) is 34.6 Å². The predicted molar refractivity (Wildman–Crippen MR) is 136 cm³/mol. The Morgan fingerprint density at radius 3 is 2.19 bits per heavy atom. The van der Waals surface area contributed by atoms with Crippen LogP contribution in [-0.2, 0) is 4.79 Å². The van der Waals surface area contributed by atoms with Gasteiger partial charge in [0.1, 0.15) is 0 Å². The molecule has 1 atom stereocenters. The molecule has 182 valence electrons. The van der Waals surface area contributed by atoms with Gasteiger partial charge in [-0.2, -0.15) is 0 Å². The summed E-state index contributed by atoms with van der Waals surface area (Å²) >= 11 is 0. The van der Waals surface area contributed by atoms with Crippen LogP contribution in [0.3, 0.4) is 0 Å². The van der Waals surface area contributed by atoms with E-state index in [-0.39, 0.29) is 0 Å². The molecule has 1 saturated heterocycles. The molecule has 0 bridgehead atoms. The van der Waals surface area contributed by atoms with Crippen molar-refractivity contribution < 1.29 is 9.90 Å². The number of pyridine rings is 1. The minimum Gasteiger partial charge on any atom is -0.481 e. The topological polar surface area (TPSA) is 53.4 Å². The number of nitrogens with zero attached hydrogens (tertiary/aromatic N) is 2. The number of carboxylic acid groups (broad SMARTS) is 1. The Balaban J connectivity index is 0.000000357. The molecule has 2 rings (SSSR count). The highest BCUT2D eigenvalue weighted by Crippen LogP contribution is 2.29. The van der Waals surface area contributed by atoms with Crippen molar-refractivity contribution >= 4 is 5.97 Å². The summed E-state index contributed by atoms with van der Waals surface area (Å²) in [6, 6.07) is 4.79. The smallest absolute Gasteiger partial charge is 0.303 e. The zero-order chi connectivity index (χ0) is 23.3. The largest absolute Gasteiger partial charge is 0.481 e. The molecular weight excluding hydrogens is 396 g/mol. The molecule has 0 spiro atoms. The molecule has 1 fully saturated rings. The van der Waals surface area contributed by atoms with Crippen LogP contribution in [0.2, 0.25) is 0 Å². The zero-order valence-corrected chi connectivity index (χ0v) is 20.8.